The van der Waals surface area contributed by atoms with Crippen molar-refractivity contribution in [1.29, 1.82) is 0 Å². The van der Waals surface area contributed by atoms with E-state index in [4.69, 9.17) is 0 Å². The van der Waals surface area contributed by atoms with E-state index in [-0.39, 0.29) is 44.0 Å². The van der Waals surface area contributed by atoms with Crippen molar-refractivity contribution in [2.24, 2.45) is 0 Å². The molecule has 35 heavy (non-hydrogen) atoms. The summed E-state index contributed by atoms with van der Waals surface area (Å²) < 4.78 is 14.4. The molecule has 1 aromatic carbocycles. The number of Topliss-reactive ketones (excluding diaryl/α,β-unsaturated/α-hetero) is 1. The van der Waals surface area contributed by atoms with Crippen molar-refractivity contribution in [3.63, 3.8) is 0 Å². The molecule has 0 fully saturated rings. The molecule has 0 radical (unpaired) electrons. The largest absolute Gasteiger partial charge is 0.501 e. The molecule has 3 rings (SSSR count). The van der Waals surface area contributed by atoms with Crippen LogP contribution >= 0.6 is 0 Å². The maximum Gasteiger partial charge on any atom is 0.312 e. The summed E-state index contributed by atoms with van der Waals surface area (Å²) in [5.74, 6) is -3.03. The van der Waals surface area contributed by atoms with Gasteiger partial charge in [0.25, 0.3) is 5.56 Å². The Balaban J connectivity index is 2.01. The smallest absolute Gasteiger partial charge is 0.312 e. The van der Waals surface area contributed by atoms with E-state index in [1.54, 1.807) is 19.1 Å². The van der Waals surface area contributed by atoms with Crippen molar-refractivity contribution in [3.8, 4) is 5.75 Å². The summed E-state index contributed by atoms with van der Waals surface area (Å²) in [6, 6.07) is 4.90. The molecule has 1 aliphatic heterocycles. The third kappa shape index (κ3) is 5.56. The summed E-state index contributed by atoms with van der Waals surface area (Å²) in [6.45, 7) is 2.79. The number of ketones is 1. The van der Waals surface area contributed by atoms with E-state index in [1.165, 1.54) is 40.6 Å². The number of rotatable bonds is 6. The Morgan fingerprint density at radius 2 is 1.80 bits per heavy atom. The predicted molar refractivity (Wildman–Crippen MR) is 126 cm³/mol. The highest BCUT2D eigenvalue weighted by Crippen LogP contribution is 2.25. The minimum Gasteiger partial charge on any atom is -0.501 e. The standard InChI is InChI=1S/C24H30FN5O5/c1-5-29(24(35)23(34)27(2)3)17-14-28(4)12-13-30-21(17)26-19(20(32)22(30)33)18(31)11-8-15-6-9-16(25)10-7-15/h6-7,9-10,17,32H,5,8,11-14H2,1-4H3. The molecule has 0 spiro atoms. The van der Waals surface area contributed by atoms with Crippen LogP contribution in [0, 0.1) is 5.82 Å². The number of nitrogens with zero attached hydrogens (tertiary/aromatic N) is 5. The highest BCUT2D eigenvalue weighted by atomic mass is 19.1. The lowest BCUT2D eigenvalue weighted by Gasteiger charge is -2.32. The van der Waals surface area contributed by atoms with Crippen LogP contribution in [-0.2, 0) is 22.6 Å². The van der Waals surface area contributed by atoms with Gasteiger partial charge in [0.2, 0.25) is 5.75 Å². The quantitative estimate of drug-likeness (QED) is 0.474. The number of carbonyl (C=O) groups excluding carboxylic acids is 3. The third-order valence-corrected chi connectivity index (χ3v) is 6.05. The number of aromatic nitrogens is 2. The molecule has 0 aliphatic carbocycles. The molecule has 1 aromatic heterocycles. The van der Waals surface area contributed by atoms with Gasteiger partial charge in [-0.05, 0) is 38.1 Å². The normalized spacial score (nSPS) is 15.7. The molecule has 0 saturated carbocycles. The Labute approximate surface area is 202 Å². The Hall–Kier alpha value is -3.60. The summed E-state index contributed by atoms with van der Waals surface area (Å²) >= 11 is 0. The first-order valence-electron chi connectivity index (χ1n) is 11.4. The molecule has 1 unspecified atom stereocenters. The molecule has 2 amide bonds. The van der Waals surface area contributed by atoms with Gasteiger partial charge in [-0.3, -0.25) is 23.7 Å². The molecule has 1 atom stereocenters. The lowest BCUT2D eigenvalue weighted by molar-refractivity contribution is -0.152. The van der Waals surface area contributed by atoms with Crippen LogP contribution in [0.2, 0.25) is 0 Å². The average Bonchev–Trinajstić information content (AvgIpc) is 2.99. The lowest BCUT2D eigenvalue weighted by atomic mass is 10.1. The minimum absolute atomic E-state index is 0.0603. The fraction of sp³-hybridized carbons (Fsp3) is 0.458. The molecule has 1 N–H and O–H groups in total. The minimum atomic E-state index is -0.791. The molecule has 0 bridgehead atoms. The van der Waals surface area contributed by atoms with E-state index in [0.717, 1.165) is 5.56 Å². The highest BCUT2D eigenvalue weighted by Gasteiger charge is 2.36. The second-order valence-electron chi connectivity index (χ2n) is 8.74. The summed E-state index contributed by atoms with van der Waals surface area (Å²) in [5.41, 5.74) is -0.432. The highest BCUT2D eigenvalue weighted by molar-refractivity contribution is 6.34. The molecular formula is C24H30FN5O5. The SMILES string of the molecule is CCN(C(=O)C(=O)N(C)C)C1CN(C)CCn2c1nc(C(=O)CCc1ccc(F)cc1)c(O)c2=O. The van der Waals surface area contributed by atoms with Gasteiger partial charge in [0, 0.05) is 46.7 Å². The van der Waals surface area contributed by atoms with E-state index in [0.29, 0.717) is 6.54 Å². The van der Waals surface area contributed by atoms with Crippen LogP contribution < -0.4 is 5.56 Å². The summed E-state index contributed by atoms with van der Waals surface area (Å²) in [6.07, 6.45) is 0.205. The predicted octanol–water partition coefficient (Wildman–Crippen LogP) is 0.827. The van der Waals surface area contributed by atoms with Crippen LogP contribution in [0.3, 0.4) is 0 Å². The van der Waals surface area contributed by atoms with Gasteiger partial charge in [-0.2, -0.15) is 0 Å². The number of halogens is 1. The number of aryl methyl sites for hydroxylation is 1. The van der Waals surface area contributed by atoms with Gasteiger partial charge in [-0.1, -0.05) is 12.1 Å². The second-order valence-corrected chi connectivity index (χ2v) is 8.74. The van der Waals surface area contributed by atoms with Crippen LogP contribution in [0.25, 0.3) is 0 Å². The van der Waals surface area contributed by atoms with Gasteiger partial charge in [0.05, 0.1) is 0 Å². The summed E-state index contributed by atoms with van der Waals surface area (Å²) in [5, 5.41) is 10.5. The number of fused-ring (bicyclic) bond motifs is 1. The fourth-order valence-corrected chi connectivity index (χ4v) is 4.05. The van der Waals surface area contributed by atoms with Crippen molar-refractivity contribution >= 4 is 17.6 Å². The monoisotopic (exact) mass is 487 g/mol. The van der Waals surface area contributed by atoms with E-state index < -0.39 is 40.8 Å². The number of carbonyl (C=O) groups is 3. The Morgan fingerprint density at radius 3 is 2.40 bits per heavy atom. The number of hydrogen-bond donors (Lipinski definition) is 1. The van der Waals surface area contributed by atoms with Crippen LogP contribution in [-0.4, -0.2) is 87.7 Å². The van der Waals surface area contributed by atoms with Gasteiger partial charge in [-0.25, -0.2) is 9.37 Å². The van der Waals surface area contributed by atoms with E-state index in [9.17, 15) is 28.7 Å². The van der Waals surface area contributed by atoms with Crippen molar-refractivity contribution in [2.75, 3.05) is 40.8 Å². The second kappa shape index (κ2) is 10.8. The summed E-state index contributed by atoms with van der Waals surface area (Å²) in [7, 11) is 4.75. The molecule has 0 saturated heterocycles. The lowest BCUT2D eigenvalue weighted by Crippen LogP contribution is -2.47. The third-order valence-electron chi connectivity index (χ3n) is 6.05. The van der Waals surface area contributed by atoms with Gasteiger partial charge in [-0.15, -0.1) is 0 Å². The first kappa shape index (κ1) is 26.0. The van der Waals surface area contributed by atoms with E-state index in [1.807, 2.05) is 11.9 Å². The maximum atomic E-state index is 13.1. The molecule has 188 valence electrons. The van der Waals surface area contributed by atoms with Crippen LogP contribution in [0.15, 0.2) is 29.1 Å². The van der Waals surface area contributed by atoms with Crippen LogP contribution in [0.4, 0.5) is 4.39 Å². The first-order valence-corrected chi connectivity index (χ1v) is 11.4. The Bertz CT molecular complexity index is 1180. The molecule has 1 aliphatic rings. The summed E-state index contributed by atoms with van der Waals surface area (Å²) in [4.78, 5) is 60.2. The van der Waals surface area contributed by atoms with Crippen molar-refractivity contribution in [2.45, 2.75) is 32.4 Å². The Morgan fingerprint density at radius 1 is 1.14 bits per heavy atom. The maximum absolute atomic E-state index is 13.1. The average molecular weight is 488 g/mol. The van der Waals surface area contributed by atoms with E-state index >= 15 is 0 Å². The van der Waals surface area contributed by atoms with Crippen molar-refractivity contribution in [3.05, 3.63) is 57.5 Å². The molecule has 10 nitrogen and oxygen atoms in total. The van der Waals surface area contributed by atoms with Crippen molar-refractivity contribution in [1.82, 2.24) is 24.3 Å². The zero-order valence-corrected chi connectivity index (χ0v) is 20.3. The first-order chi connectivity index (χ1) is 16.5. The van der Waals surface area contributed by atoms with Crippen LogP contribution in [0.5, 0.6) is 5.75 Å². The molecule has 11 heteroatoms. The van der Waals surface area contributed by atoms with E-state index in [2.05, 4.69) is 4.98 Å². The molecular weight excluding hydrogens is 457 g/mol. The molecule has 2 heterocycles. The topological polar surface area (TPSA) is 116 Å². The number of benzene rings is 1. The van der Waals surface area contributed by atoms with Crippen molar-refractivity contribution < 1.29 is 23.9 Å². The van der Waals surface area contributed by atoms with Gasteiger partial charge in [0.15, 0.2) is 11.5 Å². The number of hydrogen-bond acceptors (Lipinski definition) is 7. The van der Waals surface area contributed by atoms with Gasteiger partial charge >= 0.3 is 11.8 Å². The van der Waals surface area contributed by atoms with Gasteiger partial charge < -0.3 is 19.8 Å². The fourth-order valence-electron chi connectivity index (χ4n) is 4.05. The van der Waals surface area contributed by atoms with Gasteiger partial charge in [0.1, 0.15) is 17.7 Å². The van der Waals surface area contributed by atoms with Crippen LogP contribution in [0.1, 0.15) is 41.3 Å². The number of aromatic hydroxyl groups is 1. The Kier molecular flexibility index (Phi) is 8.00. The zero-order chi connectivity index (χ0) is 25.9. The number of amides is 2. The number of likely N-dealkylation sites (N-methyl/N-ethyl adjacent to an activating group) is 3. The molecule has 2 aromatic rings. The zero-order valence-electron chi connectivity index (χ0n) is 20.3.